The molecular weight excluding hydrogens is 405 g/mol. The highest BCUT2D eigenvalue weighted by Crippen LogP contribution is 2.29. The topological polar surface area (TPSA) is 65.6 Å². The first kappa shape index (κ1) is 20.3. The number of hydrogen-bond donors (Lipinski definition) is 0. The summed E-state index contributed by atoms with van der Waals surface area (Å²) in [7, 11) is 0. The van der Waals surface area contributed by atoms with Crippen LogP contribution in [0.4, 0.5) is 4.39 Å². The van der Waals surface area contributed by atoms with Crippen molar-refractivity contribution in [2.75, 3.05) is 0 Å². The van der Waals surface area contributed by atoms with Crippen LogP contribution in [-0.4, -0.2) is 24.1 Å². The summed E-state index contributed by atoms with van der Waals surface area (Å²) < 4.78 is 18.0. The molecule has 0 radical (unpaired) electrons. The second-order valence-electron chi connectivity index (χ2n) is 8.03. The standard InChI is InChI=1S/C25H24FN5O/c1-2-3-4-5-10-15-30-16-27-23-21(25(30)32)22-24(29-19-13-8-7-12-18(19)28-22)31(23)20-14-9-6-11-17(20)26/h6-9,11-14,16H,2-5,10,15H2,1H3. The van der Waals surface area contributed by atoms with Crippen LogP contribution < -0.4 is 5.56 Å². The molecule has 5 aromatic rings. The normalized spacial score (nSPS) is 11.7. The fraction of sp³-hybridized carbons (Fsp3) is 0.280. The Morgan fingerprint density at radius 2 is 1.59 bits per heavy atom. The van der Waals surface area contributed by atoms with E-state index in [2.05, 4.69) is 11.9 Å². The summed E-state index contributed by atoms with van der Waals surface area (Å²) in [5, 5.41) is 0.373. The van der Waals surface area contributed by atoms with E-state index in [0.717, 1.165) is 19.3 Å². The van der Waals surface area contributed by atoms with E-state index in [4.69, 9.17) is 9.97 Å². The van der Waals surface area contributed by atoms with E-state index in [1.807, 2.05) is 24.3 Å². The molecule has 0 saturated carbocycles. The summed E-state index contributed by atoms with van der Waals surface area (Å²) >= 11 is 0. The van der Waals surface area contributed by atoms with Crippen LogP contribution >= 0.6 is 0 Å². The van der Waals surface area contributed by atoms with E-state index in [-0.39, 0.29) is 5.56 Å². The van der Waals surface area contributed by atoms with Crippen molar-refractivity contribution in [3.05, 3.63) is 71.0 Å². The van der Waals surface area contributed by atoms with Gasteiger partial charge in [-0.1, -0.05) is 56.9 Å². The summed E-state index contributed by atoms with van der Waals surface area (Å²) in [4.78, 5) is 27.5. The Morgan fingerprint density at radius 1 is 0.875 bits per heavy atom. The van der Waals surface area contributed by atoms with Gasteiger partial charge in [0.05, 0.1) is 23.0 Å². The largest absolute Gasteiger partial charge is 0.299 e. The highest BCUT2D eigenvalue weighted by Gasteiger charge is 2.22. The minimum Gasteiger partial charge on any atom is -0.299 e. The van der Waals surface area contributed by atoms with Crippen LogP contribution in [0.1, 0.15) is 39.0 Å². The van der Waals surface area contributed by atoms with Gasteiger partial charge in [0.1, 0.15) is 16.7 Å². The van der Waals surface area contributed by atoms with Gasteiger partial charge >= 0.3 is 0 Å². The smallest absolute Gasteiger partial charge is 0.265 e. The zero-order chi connectivity index (χ0) is 22.1. The first-order valence-corrected chi connectivity index (χ1v) is 11.1. The number of fused-ring (bicyclic) bond motifs is 4. The molecule has 0 fully saturated rings. The van der Waals surface area contributed by atoms with Crippen LogP contribution in [0.25, 0.3) is 38.9 Å². The van der Waals surface area contributed by atoms with Crippen molar-refractivity contribution in [1.29, 1.82) is 0 Å². The van der Waals surface area contributed by atoms with Crippen LogP contribution in [0.5, 0.6) is 0 Å². The quantitative estimate of drug-likeness (QED) is 0.325. The molecule has 7 heteroatoms. The van der Waals surface area contributed by atoms with Gasteiger partial charge in [-0.2, -0.15) is 0 Å². The maximum Gasteiger partial charge on any atom is 0.265 e. The Kier molecular flexibility index (Phi) is 5.39. The predicted octanol–water partition coefficient (Wildman–Crippen LogP) is 5.39. The molecule has 32 heavy (non-hydrogen) atoms. The summed E-state index contributed by atoms with van der Waals surface area (Å²) in [6.45, 7) is 2.78. The van der Waals surface area contributed by atoms with Gasteiger partial charge in [0.2, 0.25) is 0 Å². The van der Waals surface area contributed by atoms with E-state index in [9.17, 15) is 9.18 Å². The van der Waals surface area contributed by atoms with Gasteiger partial charge in [-0.25, -0.2) is 19.3 Å². The molecule has 0 bridgehead atoms. The summed E-state index contributed by atoms with van der Waals surface area (Å²) in [5.74, 6) is -0.414. The van der Waals surface area contributed by atoms with Crippen LogP contribution in [0.3, 0.4) is 0 Å². The number of hydrogen-bond acceptors (Lipinski definition) is 4. The van der Waals surface area contributed by atoms with Gasteiger partial charge in [-0.3, -0.25) is 13.9 Å². The van der Waals surface area contributed by atoms with E-state index in [1.54, 1.807) is 33.7 Å². The maximum absolute atomic E-state index is 14.8. The van der Waals surface area contributed by atoms with E-state index < -0.39 is 5.82 Å². The minimum absolute atomic E-state index is 0.171. The van der Waals surface area contributed by atoms with Crippen LogP contribution in [0.2, 0.25) is 0 Å². The van der Waals surface area contributed by atoms with Gasteiger partial charge in [0, 0.05) is 6.54 Å². The molecule has 5 rings (SSSR count). The SMILES string of the molecule is CCCCCCCn1cnc2c(c1=O)c1nc3ccccc3nc1n2-c1ccccc1F. The summed E-state index contributed by atoms with van der Waals surface area (Å²) in [6.07, 6.45) is 7.07. The van der Waals surface area contributed by atoms with E-state index in [1.165, 1.54) is 18.9 Å². The molecule has 0 aliphatic rings. The Hall–Kier alpha value is -3.61. The van der Waals surface area contributed by atoms with Crippen molar-refractivity contribution >= 4 is 33.2 Å². The molecule has 6 nitrogen and oxygen atoms in total. The van der Waals surface area contributed by atoms with Crippen molar-refractivity contribution in [2.24, 2.45) is 0 Å². The molecule has 0 atom stereocenters. The van der Waals surface area contributed by atoms with Crippen molar-refractivity contribution in [1.82, 2.24) is 24.1 Å². The van der Waals surface area contributed by atoms with Gasteiger partial charge < -0.3 is 0 Å². The van der Waals surface area contributed by atoms with Crippen molar-refractivity contribution in [3.63, 3.8) is 0 Å². The average Bonchev–Trinajstić information content (AvgIpc) is 3.13. The molecule has 3 heterocycles. The third-order valence-electron chi connectivity index (χ3n) is 5.83. The van der Waals surface area contributed by atoms with Crippen molar-refractivity contribution < 1.29 is 4.39 Å². The molecule has 0 N–H and O–H groups in total. The monoisotopic (exact) mass is 429 g/mol. The maximum atomic E-state index is 14.8. The fourth-order valence-electron chi connectivity index (χ4n) is 4.18. The molecular formula is C25H24FN5O. The molecule has 2 aromatic carbocycles. The molecule has 162 valence electrons. The number of para-hydroxylation sites is 3. The number of unbranched alkanes of at least 4 members (excludes halogenated alkanes) is 4. The highest BCUT2D eigenvalue weighted by molar-refractivity contribution is 6.05. The number of benzene rings is 2. The van der Waals surface area contributed by atoms with Gasteiger partial charge in [0.25, 0.3) is 5.56 Å². The molecule has 0 amide bonds. The first-order chi connectivity index (χ1) is 15.7. The number of rotatable bonds is 7. The van der Waals surface area contributed by atoms with Crippen LogP contribution in [0.15, 0.2) is 59.7 Å². The summed E-state index contributed by atoms with van der Waals surface area (Å²) in [6, 6.07) is 13.9. The lowest BCUT2D eigenvalue weighted by Crippen LogP contribution is -2.21. The highest BCUT2D eigenvalue weighted by atomic mass is 19.1. The second-order valence-corrected chi connectivity index (χ2v) is 8.03. The number of aromatic nitrogens is 5. The average molecular weight is 429 g/mol. The minimum atomic E-state index is -0.414. The molecule has 0 spiro atoms. The number of aryl methyl sites for hydroxylation is 1. The van der Waals surface area contributed by atoms with Gasteiger partial charge in [-0.05, 0) is 30.7 Å². The summed E-state index contributed by atoms with van der Waals surface area (Å²) in [5.41, 5.74) is 2.72. The Balaban J connectivity index is 1.75. The molecule has 0 unspecified atom stereocenters. The zero-order valence-electron chi connectivity index (χ0n) is 18.0. The van der Waals surface area contributed by atoms with Crippen molar-refractivity contribution in [2.45, 2.75) is 45.6 Å². The van der Waals surface area contributed by atoms with E-state index >= 15 is 0 Å². The second kappa shape index (κ2) is 8.49. The Bertz CT molecular complexity index is 1490. The fourth-order valence-corrected chi connectivity index (χ4v) is 4.18. The molecule has 0 saturated heterocycles. The lowest BCUT2D eigenvalue weighted by molar-refractivity contribution is 0.556. The first-order valence-electron chi connectivity index (χ1n) is 11.1. The van der Waals surface area contributed by atoms with Gasteiger partial charge in [-0.15, -0.1) is 0 Å². The predicted molar refractivity (Wildman–Crippen MR) is 125 cm³/mol. The third kappa shape index (κ3) is 3.43. The Morgan fingerprint density at radius 3 is 2.38 bits per heavy atom. The van der Waals surface area contributed by atoms with Crippen LogP contribution in [-0.2, 0) is 6.54 Å². The van der Waals surface area contributed by atoms with Gasteiger partial charge in [0.15, 0.2) is 11.3 Å². The van der Waals surface area contributed by atoms with E-state index in [0.29, 0.717) is 45.5 Å². The molecule has 0 aliphatic carbocycles. The zero-order valence-corrected chi connectivity index (χ0v) is 18.0. The number of nitrogens with zero attached hydrogens (tertiary/aromatic N) is 5. The molecule has 0 aliphatic heterocycles. The van der Waals surface area contributed by atoms with Crippen LogP contribution in [0, 0.1) is 5.82 Å². The number of halogens is 1. The molecule has 3 aromatic heterocycles. The lowest BCUT2D eigenvalue weighted by Gasteiger charge is -2.08. The van der Waals surface area contributed by atoms with Crippen molar-refractivity contribution in [3.8, 4) is 5.69 Å². The lowest BCUT2D eigenvalue weighted by atomic mass is 10.1. The Labute approximate surface area is 184 Å². The third-order valence-corrected chi connectivity index (χ3v) is 5.83.